The molecule has 1 atom stereocenters. The maximum Gasteiger partial charge on any atom is 0.329 e. The molecule has 0 N–H and O–H groups in total. The molecule has 1 heterocycles. The number of carbonyl (C=O) groups excluding carboxylic acids is 1. The SMILES string of the molecule is CCOCCOC(=O)C(CC)n1cc(C)cc(Br)c1=O. The summed E-state index contributed by atoms with van der Waals surface area (Å²) in [7, 11) is 0. The normalized spacial score (nSPS) is 12.2. The third-order valence-corrected chi connectivity index (χ3v) is 3.37. The topological polar surface area (TPSA) is 57.5 Å². The molecule has 1 aromatic rings. The Labute approximate surface area is 127 Å². The summed E-state index contributed by atoms with van der Waals surface area (Å²) in [5.41, 5.74) is 0.668. The van der Waals surface area contributed by atoms with Gasteiger partial charge in [0.05, 0.1) is 11.1 Å². The number of ether oxygens (including phenoxy) is 2. The summed E-state index contributed by atoms with van der Waals surface area (Å²) in [6.45, 7) is 6.74. The lowest BCUT2D eigenvalue weighted by Crippen LogP contribution is -2.31. The average Bonchev–Trinajstić information content (AvgIpc) is 2.41. The van der Waals surface area contributed by atoms with Crippen LogP contribution >= 0.6 is 15.9 Å². The highest BCUT2D eigenvalue weighted by atomic mass is 79.9. The van der Waals surface area contributed by atoms with Crippen molar-refractivity contribution >= 4 is 21.9 Å². The molecule has 1 aromatic heterocycles. The molecule has 0 aliphatic heterocycles. The van der Waals surface area contributed by atoms with Gasteiger partial charge in [-0.1, -0.05) is 6.92 Å². The molecule has 0 radical (unpaired) electrons. The fourth-order valence-electron chi connectivity index (χ4n) is 1.85. The van der Waals surface area contributed by atoms with Crippen molar-refractivity contribution in [1.82, 2.24) is 4.57 Å². The van der Waals surface area contributed by atoms with Gasteiger partial charge in [0.25, 0.3) is 5.56 Å². The Morgan fingerprint density at radius 1 is 1.40 bits per heavy atom. The zero-order valence-electron chi connectivity index (χ0n) is 12.0. The van der Waals surface area contributed by atoms with Crippen LogP contribution in [-0.2, 0) is 14.3 Å². The quantitative estimate of drug-likeness (QED) is 0.562. The van der Waals surface area contributed by atoms with Crippen molar-refractivity contribution in [1.29, 1.82) is 0 Å². The molecule has 1 rings (SSSR count). The standard InChI is InChI=1S/C14H20BrNO4/c1-4-12(14(18)20-7-6-19-5-2)16-9-10(3)8-11(15)13(16)17/h8-9,12H,4-7H2,1-3H3. The number of nitrogens with zero attached hydrogens (tertiary/aromatic N) is 1. The van der Waals surface area contributed by atoms with Crippen LogP contribution in [0.25, 0.3) is 0 Å². The Bertz CT molecular complexity index is 512. The minimum Gasteiger partial charge on any atom is -0.462 e. The molecular weight excluding hydrogens is 326 g/mol. The number of halogens is 1. The predicted octanol–water partition coefficient (Wildman–Crippen LogP) is 2.45. The van der Waals surface area contributed by atoms with Crippen LogP contribution in [0.4, 0.5) is 0 Å². The van der Waals surface area contributed by atoms with Crippen LogP contribution in [0.2, 0.25) is 0 Å². The molecule has 0 aliphatic carbocycles. The van der Waals surface area contributed by atoms with Crippen LogP contribution in [0.3, 0.4) is 0 Å². The van der Waals surface area contributed by atoms with Gasteiger partial charge < -0.3 is 14.0 Å². The van der Waals surface area contributed by atoms with Gasteiger partial charge in [-0.15, -0.1) is 0 Å². The van der Waals surface area contributed by atoms with Crippen molar-refractivity contribution in [2.75, 3.05) is 19.8 Å². The lowest BCUT2D eigenvalue weighted by molar-refractivity contribution is -0.149. The second-order valence-corrected chi connectivity index (χ2v) is 5.22. The number of hydrogen-bond donors (Lipinski definition) is 0. The number of esters is 1. The van der Waals surface area contributed by atoms with Crippen LogP contribution in [0.15, 0.2) is 21.5 Å². The van der Waals surface area contributed by atoms with Crippen molar-refractivity contribution in [2.45, 2.75) is 33.2 Å². The predicted molar refractivity (Wildman–Crippen MR) is 79.9 cm³/mol. The van der Waals surface area contributed by atoms with Crippen LogP contribution in [-0.4, -0.2) is 30.4 Å². The molecule has 0 bridgehead atoms. The van der Waals surface area contributed by atoms with E-state index in [-0.39, 0.29) is 12.2 Å². The maximum atomic E-state index is 12.1. The third kappa shape index (κ3) is 4.45. The smallest absolute Gasteiger partial charge is 0.329 e. The van der Waals surface area contributed by atoms with E-state index in [2.05, 4.69) is 15.9 Å². The van der Waals surface area contributed by atoms with Crippen LogP contribution in [0.5, 0.6) is 0 Å². The zero-order valence-corrected chi connectivity index (χ0v) is 13.6. The van der Waals surface area contributed by atoms with Gasteiger partial charge in [-0.25, -0.2) is 4.79 Å². The van der Waals surface area contributed by atoms with E-state index in [4.69, 9.17) is 9.47 Å². The minimum atomic E-state index is -0.611. The summed E-state index contributed by atoms with van der Waals surface area (Å²) in [4.78, 5) is 24.1. The van der Waals surface area contributed by atoms with Crippen LogP contribution in [0.1, 0.15) is 31.9 Å². The molecule has 112 valence electrons. The van der Waals surface area contributed by atoms with Crippen molar-refractivity contribution < 1.29 is 14.3 Å². The Hall–Kier alpha value is -1.14. The fourth-order valence-corrected chi connectivity index (χ4v) is 2.42. The number of hydrogen-bond acceptors (Lipinski definition) is 4. The summed E-state index contributed by atoms with van der Waals surface area (Å²) in [5, 5.41) is 0. The van der Waals surface area contributed by atoms with Gasteiger partial charge in [-0.2, -0.15) is 0 Å². The Morgan fingerprint density at radius 2 is 2.10 bits per heavy atom. The Morgan fingerprint density at radius 3 is 2.70 bits per heavy atom. The summed E-state index contributed by atoms with van der Waals surface area (Å²) < 4.78 is 12.1. The number of aryl methyl sites for hydroxylation is 1. The molecule has 5 nitrogen and oxygen atoms in total. The number of aromatic nitrogens is 1. The minimum absolute atomic E-state index is 0.199. The van der Waals surface area contributed by atoms with Gasteiger partial charge in [-0.3, -0.25) is 4.79 Å². The van der Waals surface area contributed by atoms with Gasteiger partial charge in [0.2, 0.25) is 0 Å². The second-order valence-electron chi connectivity index (χ2n) is 4.37. The first kappa shape index (κ1) is 16.9. The maximum absolute atomic E-state index is 12.1. The summed E-state index contributed by atoms with van der Waals surface area (Å²) in [6, 6.07) is 1.12. The first-order chi connectivity index (χ1) is 9.51. The highest BCUT2D eigenvalue weighted by Crippen LogP contribution is 2.15. The van der Waals surface area contributed by atoms with E-state index in [9.17, 15) is 9.59 Å². The number of pyridine rings is 1. The molecule has 0 saturated heterocycles. The molecular formula is C14H20BrNO4. The molecule has 0 spiro atoms. The van der Waals surface area contributed by atoms with Gasteiger partial charge in [-0.05, 0) is 47.8 Å². The molecule has 6 heteroatoms. The monoisotopic (exact) mass is 345 g/mol. The number of carbonyl (C=O) groups is 1. The highest BCUT2D eigenvalue weighted by Gasteiger charge is 2.22. The van der Waals surface area contributed by atoms with E-state index in [0.717, 1.165) is 5.56 Å². The lowest BCUT2D eigenvalue weighted by Gasteiger charge is -2.18. The van der Waals surface area contributed by atoms with Crippen molar-refractivity contribution in [3.8, 4) is 0 Å². The van der Waals surface area contributed by atoms with Gasteiger partial charge in [0, 0.05) is 12.8 Å². The summed E-state index contributed by atoms with van der Waals surface area (Å²) in [5.74, 6) is -0.410. The molecule has 20 heavy (non-hydrogen) atoms. The molecule has 0 fully saturated rings. The van der Waals surface area contributed by atoms with Crippen molar-refractivity contribution in [3.05, 3.63) is 32.7 Å². The van der Waals surface area contributed by atoms with Crippen molar-refractivity contribution in [3.63, 3.8) is 0 Å². The molecule has 0 amide bonds. The van der Waals surface area contributed by atoms with E-state index in [1.165, 1.54) is 4.57 Å². The molecule has 0 aromatic carbocycles. The van der Waals surface area contributed by atoms with E-state index in [1.54, 1.807) is 12.3 Å². The van der Waals surface area contributed by atoms with Crippen molar-refractivity contribution in [2.24, 2.45) is 0 Å². The van der Waals surface area contributed by atoms with Gasteiger partial charge in [0.15, 0.2) is 0 Å². The van der Waals surface area contributed by atoms with E-state index in [0.29, 0.717) is 24.1 Å². The number of rotatable bonds is 7. The van der Waals surface area contributed by atoms with Gasteiger partial charge in [0.1, 0.15) is 12.6 Å². The zero-order chi connectivity index (χ0) is 15.1. The first-order valence-electron chi connectivity index (χ1n) is 6.63. The highest BCUT2D eigenvalue weighted by molar-refractivity contribution is 9.10. The summed E-state index contributed by atoms with van der Waals surface area (Å²) >= 11 is 3.21. The van der Waals surface area contributed by atoms with Crippen LogP contribution < -0.4 is 5.56 Å². The molecule has 0 aliphatic rings. The van der Waals surface area contributed by atoms with E-state index in [1.807, 2.05) is 20.8 Å². The summed E-state index contributed by atoms with van der Waals surface area (Å²) in [6.07, 6.45) is 2.16. The molecule has 0 saturated carbocycles. The lowest BCUT2D eigenvalue weighted by atomic mass is 10.2. The fraction of sp³-hybridized carbons (Fsp3) is 0.571. The first-order valence-corrected chi connectivity index (χ1v) is 7.43. The Balaban J connectivity index is 2.85. The van der Waals surface area contributed by atoms with E-state index >= 15 is 0 Å². The largest absolute Gasteiger partial charge is 0.462 e. The van der Waals surface area contributed by atoms with Gasteiger partial charge >= 0.3 is 5.97 Å². The molecule has 1 unspecified atom stereocenters. The Kier molecular flexibility index (Phi) is 6.95. The second kappa shape index (κ2) is 8.21. The van der Waals surface area contributed by atoms with Crippen LogP contribution in [0, 0.1) is 6.92 Å². The third-order valence-electron chi connectivity index (χ3n) is 2.81. The van der Waals surface area contributed by atoms with E-state index < -0.39 is 12.0 Å². The average molecular weight is 346 g/mol.